The molecule has 4 rings (SSSR count). The molecule has 2 unspecified atom stereocenters. The molecule has 2 heterocycles. The molecule has 6 nitrogen and oxygen atoms in total. The maximum Gasteiger partial charge on any atom is 0.237 e. The van der Waals surface area contributed by atoms with Crippen LogP contribution in [0, 0.1) is 0 Å². The summed E-state index contributed by atoms with van der Waals surface area (Å²) in [6.07, 6.45) is 3.04. The number of carbonyl (C=O) groups excluding carboxylic acids is 1. The van der Waals surface area contributed by atoms with Crippen molar-refractivity contribution in [3.05, 3.63) is 54.1 Å². The molecule has 1 amide bonds. The zero-order chi connectivity index (χ0) is 20.9. The summed E-state index contributed by atoms with van der Waals surface area (Å²) in [5.74, 6) is 1.75. The van der Waals surface area contributed by atoms with E-state index in [9.17, 15) is 4.79 Å². The molecule has 30 heavy (non-hydrogen) atoms. The Bertz CT molecular complexity index is 858. The van der Waals surface area contributed by atoms with Crippen LogP contribution in [-0.2, 0) is 4.79 Å². The van der Waals surface area contributed by atoms with Gasteiger partial charge in [-0.25, -0.2) is 0 Å². The largest absolute Gasteiger partial charge is 0.497 e. The molecule has 2 atom stereocenters. The van der Waals surface area contributed by atoms with Crippen molar-refractivity contribution in [1.82, 2.24) is 9.80 Å². The molecular formula is C24H31N3O3. The van der Waals surface area contributed by atoms with E-state index < -0.39 is 0 Å². The lowest BCUT2D eigenvalue weighted by molar-refractivity contribution is -0.133. The normalized spacial score (nSPS) is 21.6. The van der Waals surface area contributed by atoms with Crippen molar-refractivity contribution >= 4 is 11.6 Å². The molecule has 0 saturated carbocycles. The Kier molecular flexibility index (Phi) is 6.43. The van der Waals surface area contributed by atoms with E-state index in [1.54, 1.807) is 14.2 Å². The van der Waals surface area contributed by atoms with Crippen LogP contribution in [0.3, 0.4) is 0 Å². The standard InChI is InChI=1S/C24H31N3O3/c1-29-20-10-11-21(23(15-20)30-2)22-9-6-13-27(22)24(28)17-26-14-12-19(16-26)25-18-7-4-3-5-8-18/h3-5,7-8,10-11,15,19,22,25H,6,9,12-14,16-17H2,1-2H3. The molecule has 6 heteroatoms. The maximum atomic E-state index is 13.2. The van der Waals surface area contributed by atoms with Crippen LogP contribution >= 0.6 is 0 Å². The number of benzene rings is 2. The first kappa shape index (κ1) is 20.5. The molecule has 2 aliphatic rings. The molecule has 1 N–H and O–H groups in total. The van der Waals surface area contributed by atoms with Crippen LogP contribution in [0.25, 0.3) is 0 Å². The Hall–Kier alpha value is -2.73. The van der Waals surface area contributed by atoms with E-state index >= 15 is 0 Å². The van der Waals surface area contributed by atoms with E-state index in [0.717, 1.165) is 61.6 Å². The number of likely N-dealkylation sites (tertiary alicyclic amines) is 2. The van der Waals surface area contributed by atoms with Crippen molar-refractivity contribution in [3.63, 3.8) is 0 Å². The van der Waals surface area contributed by atoms with Crippen LogP contribution in [0.2, 0.25) is 0 Å². The fraction of sp³-hybridized carbons (Fsp3) is 0.458. The lowest BCUT2D eigenvalue weighted by Crippen LogP contribution is -2.40. The highest BCUT2D eigenvalue weighted by Gasteiger charge is 2.34. The average Bonchev–Trinajstić information content (AvgIpc) is 3.43. The van der Waals surface area contributed by atoms with Crippen LogP contribution in [0.15, 0.2) is 48.5 Å². The van der Waals surface area contributed by atoms with E-state index in [0.29, 0.717) is 12.6 Å². The van der Waals surface area contributed by atoms with Gasteiger partial charge in [0.1, 0.15) is 11.5 Å². The first-order valence-corrected chi connectivity index (χ1v) is 10.7. The Morgan fingerprint density at radius 3 is 2.67 bits per heavy atom. The van der Waals surface area contributed by atoms with E-state index in [-0.39, 0.29) is 11.9 Å². The number of ether oxygens (including phenoxy) is 2. The molecule has 2 aliphatic heterocycles. The minimum Gasteiger partial charge on any atom is -0.497 e. The van der Waals surface area contributed by atoms with E-state index in [2.05, 4.69) is 22.3 Å². The second-order valence-corrected chi connectivity index (χ2v) is 8.08. The highest BCUT2D eigenvalue weighted by atomic mass is 16.5. The molecular weight excluding hydrogens is 378 g/mol. The van der Waals surface area contributed by atoms with Gasteiger partial charge in [-0.3, -0.25) is 9.69 Å². The van der Waals surface area contributed by atoms with Gasteiger partial charge >= 0.3 is 0 Å². The molecule has 2 aromatic carbocycles. The van der Waals surface area contributed by atoms with Crippen molar-refractivity contribution in [2.75, 3.05) is 45.7 Å². The Morgan fingerprint density at radius 1 is 1.07 bits per heavy atom. The second kappa shape index (κ2) is 9.39. The number of hydrogen-bond acceptors (Lipinski definition) is 5. The summed E-state index contributed by atoms with van der Waals surface area (Å²) in [7, 11) is 3.32. The van der Waals surface area contributed by atoms with E-state index in [4.69, 9.17) is 9.47 Å². The fourth-order valence-corrected chi connectivity index (χ4v) is 4.63. The summed E-state index contributed by atoms with van der Waals surface area (Å²) in [6.45, 7) is 3.12. The van der Waals surface area contributed by atoms with Crippen molar-refractivity contribution < 1.29 is 14.3 Å². The molecule has 0 bridgehead atoms. The van der Waals surface area contributed by atoms with E-state index in [1.165, 1.54) is 0 Å². The fourth-order valence-electron chi connectivity index (χ4n) is 4.63. The molecule has 0 aliphatic carbocycles. The zero-order valence-electron chi connectivity index (χ0n) is 17.8. The number of nitrogens with zero attached hydrogens (tertiary/aromatic N) is 2. The number of amides is 1. The van der Waals surface area contributed by atoms with Crippen LogP contribution in [0.5, 0.6) is 11.5 Å². The number of methoxy groups -OCH3 is 2. The quantitative estimate of drug-likeness (QED) is 0.758. The van der Waals surface area contributed by atoms with Crippen LogP contribution in [0.1, 0.15) is 30.9 Å². The monoisotopic (exact) mass is 409 g/mol. The summed E-state index contributed by atoms with van der Waals surface area (Å²) in [5.41, 5.74) is 2.20. The first-order valence-electron chi connectivity index (χ1n) is 10.7. The molecule has 2 fully saturated rings. The third-order valence-electron chi connectivity index (χ3n) is 6.15. The SMILES string of the molecule is COc1ccc(C2CCCN2C(=O)CN2CCC(Nc3ccccc3)C2)c(OC)c1. The molecule has 0 radical (unpaired) electrons. The van der Waals surface area contributed by atoms with Crippen molar-refractivity contribution in [1.29, 1.82) is 0 Å². The molecule has 0 aromatic heterocycles. The summed E-state index contributed by atoms with van der Waals surface area (Å²) in [6, 6.07) is 16.6. The topological polar surface area (TPSA) is 54.0 Å². The predicted molar refractivity (Wildman–Crippen MR) is 118 cm³/mol. The van der Waals surface area contributed by atoms with Gasteiger partial charge in [-0.2, -0.15) is 0 Å². The van der Waals surface area contributed by atoms with Gasteiger partial charge in [0.2, 0.25) is 5.91 Å². The summed E-state index contributed by atoms with van der Waals surface area (Å²) >= 11 is 0. The summed E-state index contributed by atoms with van der Waals surface area (Å²) in [5, 5.41) is 3.58. The minimum atomic E-state index is 0.0687. The van der Waals surface area contributed by atoms with Gasteiger partial charge in [0, 0.05) is 43.0 Å². The van der Waals surface area contributed by atoms with Crippen molar-refractivity contribution in [3.8, 4) is 11.5 Å². The lowest BCUT2D eigenvalue weighted by Gasteiger charge is -2.28. The Labute approximate surface area is 178 Å². The number of nitrogens with one attached hydrogen (secondary N) is 1. The van der Waals surface area contributed by atoms with Gasteiger partial charge in [-0.05, 0) is 43.5 Å². The smallest absolute Gasteiger partial charge is 0.237 e. The highest BCUT2D eigenvalue weighted by Crippen LogP contribution is 2.38. The Morgan fingerprint density at radius 2 is 1.90 bits per heavy atom. The second-order valence-electron chi connectivity index (χ2n) is 8.08. The van der Waals surface area contributed by atoms with Gasteiger partial charge in [0.05, 0.1) is 26.8 Å². The number of carbonyl (C=O) groups is 1. The van der Waals surface area contributed by atoms with Crippen molar-refractivity contribution in [2.24, 2.45) is 0 Å². The number of anilines is 1. The number of hydrogen-bond donors (Lipinski definition) is 1. The molecule has 2 aromatic rings. The lowest BCUT2D eigenvalue weighted by atomic mass is 10.0. The van der Waals surface area contributed by atoms with Gasteiger partial charge in [0.25, 0.3) is 0 Å². The van der Waals surface area contributed by atoms with Crippen LogP contribution in [-0.4, -0.2) is 62.1 Å². The maximum absolute atomic E-state index is 13.2. The van der Waals surface area contributed by atoms with E-state index in [1.807, 2.05) is 41.3 Å². The first-order chi connectivity index (χ1) is 14.7. The highest BCUT2D eigenvalue weighted by molar-refractivity contribution is 5.79. The number of para-hydroxylation sites is 1. The predicted octanol–water partition coefficient (Wildman–Crippen LogP) is 3.55. The van der Waals surface area contributed by atoms with Gasteiger partial charge < -0.3 is 19.7 Å². The average molecular weight is 410 g/mol. The molecule has 0 spiro atoms. The Balaban J connectivity index is 1.37. The zero-order valence-corrected chi connectivity index (χ0v) is 17.8. The minimum absolute atomic E-state index is 0.0687. The third kappa shape index (κ3) is 4.54. The molecule has 2 saturated heterocycles. The van der Waals surface area contributed by atoms with Crippen LogP contribution in [0.4, 0.5) is 5.69 Å². The van der Waals surface area contributed by atoms with Gasteiger partial charge in [-0.1, -0.05) is 18.2 Å². The van der Waals surface area contributed by atoms with Gasteiger partial charge in [-0.15, -0.1) is 0 Å². The van der Waals surface area contributed by atoms with Crippen LogP contribution < -0.4 is 14.8 Å². The van der Waals surface area contributed by atoms with Gasteiger partial charge in [0.15, 0.2) is 0 Å². The summed E-state index contributed by atoms with van der Waals surface area (Å²) in [4.78, 5) is 17.5. The number of rotatable bonds is 7. The summed E-state index contributed by atoms with van der Waals surface area (Å²) < 4.78 is 10.9. The van der Waals surface area contributed by atoms with Crippen molar-refractivity contribution in [2.45, 2.75) is 31.3 Å². The third-order valence-corrected chi connectivity index (χ3v) is 6.15. The molecule has 160 valence electrons.